The fourth-order valence-corrected chi connectivity index (χ4v) is 3.17. The van der Waals surface area contributed by atoms with Crippen molar-refractivity contribution in [2.24, 2.45) is 0 Å². The molecule has 0 unspecified atom stereocenters. The van der Waals surface area contributed by atoms with Gasteiger partial charge in [0.1, 0.15) is 18.5 Å². The van der Waals surface area contributed by atoms with Crippen molar-refractivity contribution in [2.45, 2.75) is 32.5 Å². The molecule has 2 aromatic rings. The maximum atomic E-state index is 10.2. The molecule has 0 amide bonds. The van der Waals surface area contributed by atoms with Gasteiger partial charge in [-0.05, 0) is 32.0 Å². The van der Waals surface area contributed by atoms with Gasteiger partial charge in [-0.25, -0.2) is 0 Å². The highest BCUT2D eigenvalue weighted by Crippen LogP contribution is 2.11. The number of nitrogens with zero attached hydrogens (tertiary/aromatic N) is 4. The van der Waals surface area contributed by atoms with Crippen molar-refractivity contribution in [1.29, 1.82) is 0 Å². The third kappa shape index (κ3) is 5.56. The lowest BCUT2D eigenvalue weighted by Crippen LogP contribution is -2.48. The fourth-order valence-electron chi connectivity index (χ4n) is 3.17. The first-order valence-electron chi connectivity index (χ1n) is 9.45. The molecule has 2 heterocycles. The maximum Gasteiger partial charge on any atom is 0.119 e. The molecular formula is C20H30N4O2. The molecule has 0 aliphatic carbocycles. The number of benzene rings is 1. The summed E-state index contributed by atoms with van der Waals surface area (Å²) in [5, 5.41) is 14.9. The van der Waals surface area contributed by atoms with Crippen LogP contribution in [0.1, 0.15) is 25.6 Å². The molecule has 0 bridgehead atoms. The molecule has 3 rings (SSSR count). The lowest BCUT2D eigenvalue weighted by molar-refractivity contribution is 0.0443. The van der Waals surface area contributed by atoms with Crippen LogP contribution in [0.5, 0.6) is 5.75 Å². The van der Waals surface area contributed by atoms with Crippen LogP contribution in [0, 0.1) is 0 Å². The molecule has 26 heavy (non-hydrogen) atoms. The number of ether oxygens (including phenoxy) is 1. The van der Waals surface area contributed by atoms with Gasteiger partial charge in [0, 0.05) is 51.5 Å². The Morgan fingerprint density at radius 2 is 1.73 bits per heavy atom. The van der Waals surface area contributed by atoms with Gasteiger partial charge in [-0.3, -0.25) is 14.5 Å². The minimum atomic E-state index is -0.469. The van der Waals surface area contributed by atoms with Crippen LogP contribution < -0.4 is 4.74 Å². The molecule has 6 heteroatoms. The zero-order valence-corrected chi connectivity index (χ0v) is 15.8. The molecule has 6 nitrogen and oxygen atoms in total. The predicted molar refractivity (Wildman–Crippen MR) is 102 cm³/mol. The van der Waals surface area contributed by atoms with Crippen molar-refractivity contribution in [3.05, 3.63) is 48.3 Å². The summed E-state index contributed by atoms with van der Waals surface area (Å²) in [6.45, 7) is 10.1. The minimum absolute atomic E-state index is 0.330. The molecule has 1 saturated heterocycles. The summed E-state index contributed by atoms with van der Waals surface area (Å²) in [5.74, 6) is 0.803. The fraction of sp³-hybridized carbons (Fsp3) is 0.550. The lowest BCUT2D eigenvalue weighted by Gasteiger charge is -2.35. The lowest BCUT2D eigenvalue weighted by atomic mass is 10.2. The Hall–Kier alpha value is -1.89. The molecule has 1 aromatic heterocycles. The van der Waals surface area contributed by atoms with Crippen LogP contribution in [-0.2, 0) is 6.54 Å². The zero-order valence-electron chi connectivity index (χ0n) is 15.8. The van der Waals surface area contributed by atoms with Crippen molar-refractivity contribution in [2.75, 3.05) is 39.3 Å². The Kier molecular flexibility index (Phi) is 6.66. The predicted octanol–water partition coefficient (Wildman–Crippen LogP) is 2.02. The van der Waals surface area contributed by atoms with Gasteiger partial charge >= 0.3 is 0 Å². The Balaban J connectivity index is 1.36. The van der Waals surface area contributed by atoms with Crippen molar-refractivity contribution >= 4 is 0 Å². The molecule has 1 fully saturated rings. The highest BCUT2D eigenvalue weighted by Gasteiger charge is 2.20. The van der Waals surface area contributed by atoms with E-state index in [0.29, 0.717) is 19.2 Å². The Morgan fingerprint density at radius 3 is 2.38 bits per heavy atom. The third-order valence-corrected chi connectivity index (χ3v) is 4.70. The van der Waals surface area contributed by atoms with Gasteiger partial charge < -0.3 is 9.84 Å². The van der Waals surface area contributed by atoms with Gasteiger partial charge in [0.15, 0.2) is 0 Å². The topological polar surface area (TPSA) is 53.8 Å². The molecule has 1 atom stereocenters. The van der Waals surface area contributed by atoms with Crippen LogP contribution in [-0.4, -0.2) is 70.1 Å². The molecule has 1 aliphatic heterocycles. The molecule has 1 N–H and O–H groups in total. The average Bonchev–Trinajstić information content (AvgIpc) is 3.11. The summed E-state index contributed by atoms with van der Waals surface area (Å²) < 4.78 is 7.64. The molecule has 0 radical (unpaired) electrons. The first-order chi connectivity index (χ1) is 12.6. The maximum absolute atomic E-state index is 10.2. The summed E-state index contributed by atoms with van der Waals surface area (Å²) >= 11 is 0. The number of β-amino-alcohol motifs (C(OH)–C–C–N with tert-alkyl or cyclic N) is 1. The van der Waals surface area contributed by atoms with Crippen molar-refractivity contribution in [3.63, 3.8) is 0 Å². The van der Waals surface area contributed by atoms with E-state index in [1.54, 1.807) is 0 Å². The summed E-state index contributed by atoms with van der Waals surface area (Å²) in [4.78, 5) is 4.73. The van der Waals surface area contributed by atoms with Crippen LogP contribution in [0.2, 0.25) is 0 Å². The average molecular weight is 358 g/mol. The SMILES string of the molecule is CC(C)n1ccc(CN2CCN(C[C@H](O)COc3ccccc3)CC2)n1. The molecule has 1 aromatic carbocycles. The second-order valence-electron chi connectivity index (χ2n) is 7.24. The van der Waals surface area contributed by atoms with E-state index in [2.05, 4.69) is 41.0 Å². The van der Waals surface area contributed by atoms with E-state index in [1.807, 2.05) is 35.0 Å². The van der Waals surface area contributed by atoms with Crippen molar-refractivity contribution in [3.8, 4) is 5.75 Å². The number of aliphatic hydroxyl groups excluding tert-OH is 1. The molecule has 1 aliphatic rings. The number of para-hydroxylation sites is 1. The van der Waals surface area contributed by atoms with Crippen LogP contribution >= 0.6 is 0 Å². The second-order valence-corrected chi connectivity index (χ2v) is 7.24. The highest BCUT2D eigenvalue weighted by molar-refractivity contribution is 5.20. The minimum Gasteiger partial charge on any atom is -0.491 e. The van der Waals surface area contributed by atoms with Crippen LogP contribution in [0.4, 0.5) is 0 Å². The molecule has 0 spiro atoms. The van der Waals surface area contributed by atoms with Gasteiger partial charge in [0.25, 0.3) is 0 Å². The monoisotopic (exact) mass is 358 g/mol. The number of hydrogen-bond donors (Lipinski definition) is 1. The van der Waals surface area contributed by atoms with E-state index < -0.39 is 6.10 Å². The van der Waals surface area contributed by atoms with Crippen LogP contribution in [0.15, 0.2) is 42.6 Å². The summed E-state index contributed by atoms with van der Waals surface area (Å²) in [6.07, 6.45) is 1.59. The summed E-state index contributed by atoms with van der Waals surface area (Å²) in [7, 11) is 0. The van der Waals surface area contributed by atoms with Gasteiger partial charge in [-0.1, -0.05) is 18.2 Å². The first-order valence-corrected chi connectivity index (χ1v) is 9.45. The Bertz CT molecular complexity index is 651. The first kappa shape index (κ1) is 18.9. The van der Waals surface area contributed by atoms with Crippen molar-refractivity contribution < 1.29 is 9.84 Å². The van der Waals surface area contributed by atoms with E-state index in [0.717, 1.165) is 44.2 Å². The molecular weight excluding hydrogens is 328 g/mol. The van der Waals surface area contributed by atoms with Crippen LogP contribution in [0.25, 0.3) is 0 Å². The quantitative estimate of drug-likeness (QED) is 0.782. The molecule has 0 saturated carbocycles. The van der Waals surface area contributed by atoms with Gasteiger partial charge in [-0.2, -0.15) is 5.10 Å². The zero-order chi connectivity index (χ0) is 18.4. The Labute approximate surface area is 156 Å². The number of aliphatic hydroxyl groups is 1. The number of aromatic nitrogens is 2. The number of rotatable bonds is 8. The normalized spacial score (nSPS) is 17.5. The van der Waals surface area contributed by atoms with E-state index >= 15 is 0 Å². The highest BCUT2D eigenvalue weighted by atomic mass is 16.5. The standard InChI is InChI=1S/C20H30N4O2/c1-17(2)24-9-8-18(21-24)14-22-10-12-23(13-11-22)15-19(25)16-26-20-6-4-3-5-7-20/h3-9,17,19,25H,10-16H2,1-2H3/t19-/m0/s1. The van der Waals surface area contributed by atoms with Crippen LogP contribution in [0.3, 0.4) is 0 Å². The van der Waals surface area contributed by atoms with Crippen molar-refractivity contribution in [1.82, 2.24) is 19.6 Å². The second kappa shape index (κ2) is 9.16. The van der Waals surface area contributed by atoms with E-state index in [9.17, 15) is 5.11 Å². The third-order valence-electron chi connectivity index (χ3n) is 4.70. The summed E-state index contributed by atoms with van der Waals surface area (Å²) in [6, 6.07) is 12.2. The summed E-state index contributed by atoms with van der Waals surface area (Å²) in [5.41, 5.74) is 1.13. The van der Waals surface area contributed by atoms with Gasteiger partial charge in [0.2, 0.25) is 0 Å². The van der Waals surface area contributed by atoms with E-state index in [1.165, 1.54) is 0 Å². The van der Waals surface area contributed by atoms with E-state index in [-0.39, 0.29) is 0 Å². The number of piperazine rings is 1. The smallest absolute Gasteiger partial charge is 0.119 e. The largest absolute Gasteiger partial charge is 0.491 e. The molecule has 142 valence electrons. The van der Waals surface area contributed by atoms with E-state index in [4.69, 9.17) is 4.74 Å². The number of hydrogen-bond acceptors (Lipinski definition) is 5. The van der Waals surface area contributed by atoms with Gasteiger partial charge in [-0.15, -0.1) is 0 Å². The Morgan fingerprint density at radius 1 is 1.04 bits per heavy atom. The van der Waals surface area contributed by atoms with Gasteiger partial charge in [0.05, 0.1) is 5.69 Å².